The van der Waals surface area contributed by atoms with E-state index in [0.29, 0.717) is 16.6 Å². The number of fused-ring (bicyclic) bond motifs is 1. The fourth-order valence-electron chi connectivity index (χ4n) is 2.16. The highest BCUT2D eigenvalue weighted by atomic mass is 79.9. The van der Waals surface area contributed by atoms with E-state index in [1.54, 1.807) is 30.3 Å². The standard InChI is InChI=1S/C15H10BrFO2/c16-12-3-1-2-11(14(12)17)15(18)10-4-5-13-9(8-10)6-7-19-13/h1-5,8H,6-7H2. The quantitative estimate of drug-likeness (QED) is 0.788. The van der Waals surface area contributed by atoms with Crippen LogP contribution in [0.4, 0.5) is 4.39 Å². The second kappa shape index (κ2) is 4.78. The normalized spacial score (nSPS) is 12.9. The molecule has 0 aliphatic carbocycles. The van der Waals surface area contributed by atoms with E-state index in [4.69, 9.17) is 4.74 Å². The number of carbonyl (C=O) groups is 1. The minimum atomic E-state index is -0.524. The number of rotatable bonds is 2. The van der Waals surface area contributed by atoms with Crippen molar-refractivity contribution >= 4 is 21.7 Å². The lowest BCUT2D eigenvalue weighted by atomic mass is 10.00. The smallest absolute Gasteiger partial charge is 0.196 e. The Morgan fingerprint density at radius 2 is 2.11 bits per heavy atom. The molecule has 19 heavy (non-hydrogen) atoms. The number of halogens is 2. The topological polar surface area (TPSA) is 26.3 Å². The number of ether oxygens (including phenoxy) is 1. The molecule has 1 aliphatic rings. The van der Waals surface area contributed by atoms with Crippen LogP contribution in [-0.4, -0.2) is 12.4 Å². The van der Waals surface area contributed by atoms with Gasteiger partial charge in [-0.1, -0.05) is 6.07 Å². The molecule has 0 fully saturated rings. The largest absolute Gasteiger partial charge is 0.493 e. The molecular formula is C15H10BrFO2. The monoisotopic (exact) mass is 320 g/mol. The second-order valence-electron chi connectivity index (χ2n) is 4.35. The van der Waals surface area contributed by atoms with Crippen molar-refractivity contribution in [1.82, 2.24) is 0 Å². The third-order valence-electron chi connectivity index (χ3n) is 3.15. The molecule has 2 aromatic rings. The van der Waals surface area contributed by atoms with Gasteiger partial charge in [-0.15, -0.1) is 0 Å². The first-order chi connectivity index (χ1) is 9.16. The fraction of sp³-hybridized carbons (Fsp3) is 0.133. The highest BCUT2D eigenvalue weighted by Crippen LogP contribution is 2.28. The Morgan fingerprint density at radius 3 is 2.95 bits per heavy atom. The van der Waals surface area contributed by atoms with Gasteiger partial charge in [-0.05, 0) is 51.8 Å². The third-order valence-corrected chi connectivity index (χ3v) is 3.76. The van der Waals surface area contributed by atoms with Crippen LogP contribution in [0, 0.1) is 5.82 Å². The van der Waals surface area contributed by atoms with Crippen LogP contribution in [0.5, 0.6) is 5.75 Å². The van der Waals surface area contributed by atoms with Crippen LogP contribution in [0.2, 0.25) is 0 Å². The maximum Gasteiger partial charge on any atom is 0.196 e. The van der Waals surface area contributed by atoms with Gasteiger partial charge in [0, 0.05) is 12.0 Å². The minimum Gasteiger partial charge on any atom is -0.493 e. The lowest BCUT2D eigenvalue weighted by molar-refractivity contribution is 0.103. The van der Waals surface area contributed by atoms with Gasteiger partial charge in [0.25, 0.3) is 0 Å². The van der Waals surface area contributed by atoms with Gasteiger partial charge in [-0.2, -0.15) is 0 Å². The molecule has 0 unspecified atom stereocenters. The van der Waals surface area contributed by atoms with Crippen LogP contribution in [-0.2, 0) is 6.42 Å². The summed E-state index contributed by atoms with van der Waals surface area (Å²) in [5.41, 5.74) is 1.57. The van der Waals surface area contributed by atoms with Gasteiger partial charge < -0.3 is 4.74 Å². The van der Waals surface area contributed by atoms with E-state index < -0.39 is 5.82 Å². The van der Waals surface area contributed by atoms with Crippen molar-refractivity contribution in [2.45, 2.75) is 6.42 Å². The first-order valence-electron chi connectivity index (χ1n) is 5.91. The molecule has 96 valence electrons. The van der Waals surface area contributed by atoms with Gasteiger partial charge in [0.05, 0.1) is 16.6 Å². The number of benzene rings is 2. The lowest BCUT2D eigenvalue weighted by Crippen LogP contribution is -2.05. The van der Waals surface area contributed by atoms with Crippen molar-refractivity contribution in [3.63, 3.8) is 0 Å². The Bertz CT molecular complexity index is 667. The highest BCUT2D eigenvalue weighted by Gasteiger charge is 2.19. The van der Waals surface area contributed by atoms with Gasteiger partial charge in [-0.3, -0.25) is 4.79 Å². The first kappa shape index (κ1) is 12.4. The van der Waals surface area contributed by atoms with Crippen LogP contribution >= 0.6 is 15.9 Å². The van der Waals surface area contributed by atoms with Crippen molar-refractivity contribution in [1.29, 1.82) is 0 Å². The van der Waals surface area contributed by atoms with E-state index in [2.05, 4.69) is 15.9 Å². The molecule has 2 nitrogen and oxygen atoms in total. The van der Waals surface area contributed by atoms with Crippen LogP contribution in [0.1, 0.15) is 21.5 Å². The van der Waals surface area contributed by atoms with E-state index in [-0.39, 0.29) is 11.3 Å². The zero-order valence-electron chi connectivity index (χ0n) is 9.95. The zero-order valence-corrected chi connectivity index (χ0v) is 11.5. The molecule has 2 aromatic carbocycles. The van der Waals surface area contributed by atoms with Crippen molar-refractivity contribution < 1.29 is 13.9 Å². The van der Waals surface area contributed by atoms with Crippen LogP contribution in [0.25, 0.3) is 0 Å². The first-order valence-corrected chi connectivity index (χ1v) is 6.70. The molecule has 1 heterocycles. The molecule has 0 radical (unpaired) electrons. The molecule has 3 rings (SSSR count). The van der Waals surface area contributed by atoms with E-state index in [0.717, 1.165) is 17.7 Å². The Hall–Kier alpha value is -1.68. The maximum atomic E-state index is 13.9. The number of ketones is 1. The molecule has 0 spiro atoms. The predicted octanol–water partition coefficient (Wildman–Crippen LogP) is 3.75. The number of hydrogen-bond donors (Lipinski definition) is 0. The molecule has 4 heteroatoms. The number of carbonyl (C=O) groups excluding carboxylic acids is 1. The van der Waals surface area contributed by atoms with Gasteiger partial charge in [0.15, 0.2) is 5.78 Å². The molecule has 0 saturated heterocycles. The van der Waals surface area contributed by atoms with Crippen molar-refractivity contribution in [3.8, 4) is 5.75 Å². The summed E-state index contributed by atoms with van der Waals surface area (Å²) in [7, 11) is 0. The Morgan fingerprint density at radius 1 is 1.26 bits per heavy atom. The lowest BCUT2D eigenvalue weighted by Gasteiger charge is -2.06. The van der Waals surface area contributed by atoms with E-state index in [1.807, 2.05) is 0 Å². The maximum absolute atomic E-state index is 13.9. The summed E-state index contributed by atoms with van der Waals surface area (Å²) in [6, 6.07) is 9.94. The molecule has 0 atom stereocenters. The molecule has 0 bridgehead atoms. The number of hydrogen-bond acceptors (Lipinski definition) is 2. The molecule has 0 N–H and O–H groups in total. The van der Waals surface area contributed by atoms with E-state index in [1.165, 1.54) is 6.07 Å². The second-order valence-corrected chi connectivity index (χ2v) is 5.21. The van der Waals surface area contributed by atoms with Crippen LogP contribution in [0.3, 0.4) is 0 Å². The Labute approximate surface area is 118 Å². The summed E-state index contributed by atoms with van der Waals surface area (Å²) in [5, 5.41) is 0. The molecule has 0 aromatic heterocycles. The van der Waals surface area contributed by atoms with Crippen molar-refractivity contribution in [2.24, 2.45) is 0 Å². The fourth-order valence-corrected chi connectivity index (χ4v) is 2.53. The minimum absolute atomic E-state index is 0.0771. The zero-order chi connectivity index (χ0) is 13.4. The summed E-state index contributed by atoms with van der Waals surface area (Å²) in [6.45, 7) is 0.637. The summed E-state index contributed by atoms with van der Waals surface area (Å²) in [4.78, 5) is 12.3. The third kappa shape index (κ3) is 2.16. The van der Waals surface area contributed by atoms with Gasteiger partial charge in [0.2, 0.25) is 0 Å². The summed E-state index contributed by atoms with van der Waals surface area (Å²) in [6.07, 6.45) is 0.789. The SMILES string of the molecule is O=C(c1ccc2c(c1)CCO2)c1cccc(Br)c1F. The van der Waals surface area contributed by atoms with Gasteiger partial charge in [-0.25, -0.2) is 4.39 Å². The van der Waals surface area contributed by atoms with Crippen LogP contribution < -0.4 is 4.74 Å². The highest BCUT2D eigenvalue weighted by molar-refractivity contribution is 9.10. The van der Waals surface area contributed by atoms with Crippen molar-refractivity contribution in [2.75, 3.05) is 6.61 Å². The summed E-state index contributed by atoms with van der Waals surface area (Å²) >= 11 is 3.09. The van der Waals surface area contributed by atoms with Gasteiger partial charge >= 0.3 is 0 Å². The molecular weight excluding hydrogens is 311 g/mol. The predicted molar refractivity (Wildman–Crippen MR) is 73.2 cm³/mol. The average Bonchev–Trinajstić information content (AvgIpc) is 2.88. The molecule has 0 saturated carbocycles. The van der Waals surface area contributed by atoms with Gasteiger partial charge in [0.1, 0.15) is 11.6 Å². The van der Waals surface area contributed by atoms with E-state index in [9.17, 15) is 9.18 Å². The Balaban J connectivity index is 2.02. The summed E-state index contributed by atoms with van der Waals surface area (Å²) < 4.78 is 19.6. The molecule has 1 aliphatic heterocycles. The van der Waals surface area contributed by atoms with E-state index >= 15 is 0 Å². The van der Waals surface area contributed by atoms with Crippen molar-refractivity contribution in [3.05, 3.63) is 63.4 Å². The summed E-state index contributed by atoms with van der Waals surface area (Å²) in [5.74, 6) is -0.0241. The average molecular weight is 321 g/mol. The van der Waals surface area contributed by atoms with Crippen LogP contribution in [0.15, 0.2) is 40.9 Å². The molecule has 0 amide bonds. The Kier molecular flexibility index (Phi) is 3.11.